The summed E-state index contributed by atoms with van der Waals surface area (Å²) in [5.41, 5.74) is 1.38. The van der Waals surface area contributed by atoms with E-state index in [1.165, 1.54) is 25.6 Å². The predicted octanol–water partition coefficient (Wildman–Crippen LogP) is 3.87. The average Bonchev–Trinajstić information content (AvgIpc) is 3.10. The van der Waals surface area contributed by atoms with Gasteiger partial charge >= 0.3 is 0 Å². The molecule has 1 amide bonds. The van der Waals surface area contributed by atoms with Crippen LogP contribution in [0.25, 0.3) is 10.2 Å². The summed E-state index contributed by atoms with van der Waals surface area (Å²) in [5, 5.41) is 8.55. The first-order chi connectivity index (χ1) is 11.4. The fourth-order valence-corrected chi connectivity index (χ4v) is 3.72. The van der Waals surface area contributed by atoms with E-state index < -0.39 is 0 Å². The predicted molar refractivity (Wildman–Crippen MR) is 95.8 cm³/mol. The standard InChI is InChI=1S/C16H16ClN3O3S/c1-8-9-5-14(24-16(9)20(2)19-8)15(21)18-11-6-10(17)12(22-3)7-13(11)23-4/h5-7H,1-4H3,(H,18,21). The molecule has 8 heteroatoms. The molecule has 0 bridgehead atoms. The Balaban J connectivity index is 1.93. The van der Waals surface area contributed by atoms with Gasteiger partial charge in [0.2, 0.25) is 0 Å². The minimum Gasteiger partial charge on any atom is -0.495 e. The monoisotopic (exact) mass is 365 g/mol. The highest BCUT2D eigenvalue weighted by atomic mass is 35.5. The zero-order chi connectivity index (χ0) is 17.4. The van der Waals surface area contributed by atoms with Crippen LogP contribution in [0.15, 0.2) is 18.2 Å². The van der Waals surface area contributed by atoms with Crippen LogP contribution in [-0.4, -0.2) is 29.9 Å². The minimum absolute atomic E-state index is 0.227. The van der Waals surface area contributed by atoms with Gasteiger partial charge in [0.15, 0.2) is 0 Å². The summed E-state index contributed by atoms with van der Waals surface area (Å²) in [6.45, 7) is 1.92. The number of thiophene rings is 1. The first-order valence-corrected chi connectivity index (χ1v) is 8.30. The summed E-state index contributed by atoms with van der Waals surface area (Å²) >= 11 is 7.52. The number of carbonyl (C=O) groups is 1. The van der Waals surface area contributed by atoms with Crippen molar-refractivity contribution in [2.24, 2.45) is 7.05 Å². The van der Waals surface area contributed by atoms with Crippen molar-refractivity contribution in [1.29, 1.82) is 0 Å². The number of anilines is 1. The van der Waals surface area contributed by atoms with Crippen molar-refractivity contribution in [2.75, 3.05) is 19.5 Å². The molecule has 1 N–H and O–H groups in total. The van der Waals surface area contributed by atoms with E-state index in [4.69, 9.17) is 21.1 Å². The Kier molecular flexibility index (Phi) is 4.38. The van der Waals surface area contributed by atoms with E-state index in [0.717, 1.165) is 15.9 Å². The van der Waals surface area contributed by atoms with Crippen LogP contribution in [0.1, 0.15) is 15.4 Å². The number of amides is 1. The molecule has 0 atom stereocenters. The van der Waals surface area contributed by atoms with Gasteiger partial charge in [-0.2, -0.15) is 5.10 Å². The number of hydrogen-bond donors (Lipinski definition) is 1. The molecule has 0 saturated heterocycles. The van der Waals surface area contributed by atoms with E-state index in [-0.39, 0.29) is 5.91 Å². The van der Waals surface area contributed by atoms with Crippen LogP contribution >= 0.6 is 22.9 Å². The summed E-state index contributed by atoms with van der Waals surface area (Å²) in [6.07, 6.45) is 0. The van der Waals surface area contributed by atoms with Crippen LogP contribution in [0.2, 0.25) is 5.02 Å². The smallest absolute Gasteiger partial charge is 0.265 e. The zero-order valence-corrected chi connectivity index (χ0v) is 15.2. The van der Waals surface area contributed by atoms with Crippen molar-refractivity contribution < 1.29 is 14.3 Å². The van der Waals surface area contributed by atoms with E-state index in [0.29, 0.717) is 27.1 Å². The average molecular weight is 366 g/mol. The number of aryl methyl sites for hydroxylation is 2. The molecule has 0 aliphatic rings. The van der Waals surface area contributed by atoms with Crippen LogP contribution in [0.4, 0.5) is 5.69 Å². The Hall–Kier alpha value is -2.25. The largest absolute Gasteiger partial charge is 0.495 e. The molecule has 0 radical (unpaired) electrons. The molecule has 1 aromatic carbocycles. The second-order valence-electron chi connectivity index (χ2n) is 5.18. The summed E-state index contributed by atoms with van der Waals surface area (Å²) in [5.74, 6) is 0.730. The molecule has 0 aliphatic heterocycles. The third-order valence-corrected chi connectivity index (χ3v) is 5.14. The van der Waals surface area contributed by atoms with Crippen LogP contribution in [0.3, 0.4) is 0 Å². The highest BCUT2D eigenvalue weighted by Crippen LogP contribution is 2.36. The summed E-state index contributed by atoms with van der Waals surface area (Å²) < 4.78 is 12.2. The lowest BCUT2D eigenvalue weighted by molar-refractivity contribution is 0.103. The third-order valence-electron chi connectivity index (χ3n) is 3.64. The van der Waals surface area contributed by atoms with Gasteiger partial charge in [-0.05, 0) is 19.1 Å². The first kappa shape index (κ1) is 16.6. The van der Waals surface area contributed by atoms with Crippen molar-refractivity contribution in [3.05, 3.63) is 33.8 Å². The van der Waals surface area contributed by atoms with E-state index in [1.807, 2.05) is 20.0 Å². The molecule has 3 rings (SSSR count). The van der Waals surface area contributed by atoms with Crippen LogP contribution in [0, 0.1) is 6.92 Å². The number of benzene rings is 1. The SMILES string of the molecule is COc1cc(OC)c(NC(=O)c2cc3c(C)nn(C)c3s2)cc1Cl. The molecule has 0 fully saturated rings. The van der Waals surface area contributed by atoms with Gasteiger partial charge in [0.05, 0.1) is 35.5 Å². The number of methoxy groups -OCH3 is 2. The summed E-state index contributed by atoms with van der Waals surface area (Å²) in [7, 11) is 4.90. The molecule has 0 aliphatic carbocycles. The Morgan fingerprint density at radius 3 is 2.58 bits per heavy atom. The van der Waals surface area contributed by atoms with Gasteiger partial charge in [-0.3, -0.25) is 9.48 Å². The second-order valence-corrected chi connectivity index (χ2v) is 6.62. The van der Waals surface area contributed by atoms with Gasteiger partial charge in [-0.1, -0.05) is 11.6 Å². The molecule has 2 aromatic heterocycles. The molecular formula is C16H16ClN3O3S. The van der Waals surface area contributed by atoms with Crippen molar-refractivity contribution in [3.8, 4) is 11.5 Å². The molecule has 0 saturated carbocycles. The van der Waals surface area contributed by atoms with Crippen molar-refractivity contribution >= 4 is 44.7 Å². The quantitative estimate of drug-likeness (QED) is 0.762. The molecule has 0 unspecified atom stereocenters. The fourth-order valence-electron chi connectivity index (χ4n) is 2.46. The number of fused-ring (bicyclic) bond motifs is 1. The first-order valence-electron chi connectivity index (χ1n) is 7.10. The number of rotatable bonds is 4. The van der Waals surface area contributed by atoms with Gasteiger partial charge in [0.25, 0.3) is 5.91 Å². The van der Waals surface area contributed by atoms with Gasteiger partial charge in [0, 0.05) is 18.5 Å². The van der Waals surface area contributed by atoms with Gasteiger partial charge in [0.1, 0.15) is 16.3 Å². The highest BCUT2D eigenvalue weighted by Gasteiger charge is 2.18. The molecule has 6 nitrogen and oxygen atoms in total. The third kappa shape index (κ3) is 2.81. The lowest BCUT2D eigenvalue weighted by Gasteiger charge is -2.12. The second kappa shape index (κ2) is 6.33. The van der Waals surface area contributed by atoms with E-state index in [2.05, 4.69) is 10.4 Å². The molecule has 3 aromatic rings. The Labute approximate surface area is 147 Å². The fraction of sp³-hybridized carbons (Fsp3) is 0.250. The molecule has 2 heterocycles. The minimum atomic E-state index is -0.227. The lowest BCUT2D eigenvalue weighted by Crippen LogP contribution is -2.11. The Morgan fingerprint density at radius 1 is 1.25 bits per heavy atom. The summed E-state index contributed by atoms with van der Waals surface area (Å²) in [4.78, 5) is 14.1. The normalized spacial score (nSPS) is 10.9. The maximum absolute atomic E-state index is 12.6. The van der Waals surface area contributed by atoms with Gasteiger partial charge < -0.3 is 14.8 Å². The number of aromatic nitrogens is 2. The van der Waals surface area contributed by atoms with E-state index in [9.17, 15) is 4.79 Å². The number of ether oxygens (including phenoxy) is 2. The number of hydrogen-bond acceptors (Lipinski definition) is 5. The highest BCUT2D eigenvalue weighted by molar-refractivity contribution is 7.20. The van der Waals surface area contributed by atoms with E-state index >= 15 is 0 Å². The summed E-state index contributed by atoms with van der Waals surface area (Å²) in [6, 6.07) is 5.09. The number of halogens is 1. The Bertz CT molecular complexity index is 898. The number of carbonyl (C=O) groups excluding carboxylic acids is 1. The molecule has 126 valence electrons. The van der Waals surface area contributed by atoms with Gasteiger partial charge in [-0.25, -0.2) is 0 Å². The topological polar surface area (TPSA) is 65.4 Å². The maximum atomic E-state index is 12.6. The van der Waals surface area contributed by atoms with E-state index in [1.54, 1.807) is 16.8 Å². The van der Waals surface area contributed by atoms with Crippen molar-refractivity contribution in [2.45, 2.75) is 6.92 Å². The zero-order valence-electron chi connectivity index (χ0n) is 13.6. The van der Waals surface area contributed by atoms with Gasteiger partial charge in [-0.15, -0.1) is 11.3 Å². The lowest BCUT2D eigenvalue weighted by atomic mass is 10.2. The van der Waals surface area contributed by atoms with Crippen molar-refractivity contribution in [3.63, 3.8) is 0 Å². The molecule has 24 heavy (non-hydrogen) atoms. The van der Waals surface area contributed by atoms with Crippen LogP contribution in [-0.2, 0) is 7.05 Å². The van der Waals surface area contributed by atoms with Crippen LogP contribution < -0.4 is 14.8 Å². The number of nitrogens with one attached hydrogen (secondary N) is 1. The van der Waals surface area contributed by atoms with Crippen molar-refractivity contribution in [1.82, 2.24) is 9.78 Å². The number of nitrogens with zero attached hydrogens (tertiary/aromatic N) is 2. The molecule has 0 spiro atoms. The Morgan fingerprint density at radius 2 is 1.96 bits per heavy atom. The molecular weight excluding hydrogens is 350 g/mol. The van der Waals surface area contributed by atoms with Crippen LogP contribution in [0.5, 0.6) is 11.5 Å². The maximum Gasteiger partial charge on any atom is 0.265 e.